The topological polar surface area (TPSA) is 124 Å². The first-order chi connectivity index (χ1) is 22.6. The molecule has 2 aliphatic heterocycles. The monoisotopic (exact) mass is 662 g/mol. The average Bonchev–Trinajstić information content (AvgIpc) is 3.38. The molecule has 3 heterocycles. The molecule has 1 spiro atoms. The molecule has 244 valence electrons. The highest BCUT2D eigenvalue weighted by Crippen LogP contribution is 2.40. The van der Waals surface area contributed by atoms with E-state index >= 15 is 0 Å². The number of rotatable bonds is 9. The van der Waals surface area contributed by atoms with E-state index < -0.39 is 24.1 Å². The Labute approximate surface area is 273 Å². The van der Waals surface area contributed by atoms with Crippen molar-refractivity contribution in [2.24, 2.45) is 10.6 Å². The van der Waals surface area contributed by atoms with Crippen molar-refractivity contribution in [2.75, 3.05) is 55.0 Å². The second kappa shape index (κ2) is 13.7. The minimum absolute atomic E-state index is 0.0603. The van der Waals surface area contributed by atoms with E-state index in [0.717, 1.165) is 50.5 Å². The molecule has 1 unspecified atom stereocenters. The fourth-order valence-corrected chi connectivity index (χ4v) is 6.38. The maximum absolute atomic E-state index is 13.7. The Hall–Kier alpha value is -4.53. The van der Waals surface area contributed by atoms with Crippen molar-refractivity contribution in [2.45, 2.75) is 30.5 Å². The minimum atomic E-state index is -4.46. The number of piperidine rings is 1. The van der Waals surface area contributed by atoms with Gasteiger partial charge in [-0.2, -0.15) is 18.4 Å². The SMILES string of the molecule is N#CCOc1cc([S+](N)[O-])ccc1NCC#Cc1cc2c(Nc3ccc(N4CCC5(CC4)COC5)cc3)cccc2n1CC(F)(F)F. The van der Waals surface area contributed by atoms with Gasteiger partial charge in [-0.1, -0.05) is 12.0 Å². The summed E-state index contributed by atoms with van der Waals surface area (Å²) in [5.41, 5.74) is 4.06. The zero-order chi connectivity index (χ0) is 33.0. The third kappa shape index (κ3) is 7.56. The van der Waals surface area contributed by atoms with Crippen LogP contribution in [0.25, 0.3) is 10.9 Å². The summed E-state index contributed by atoms with van der Waals surface area (Å²) in [5.74, 6) is 6.03. The average molecular weight is 663 g/mol. The second-order valence-corrected chi connectivity index (χ2v) is 12.7. The standard InChI is InChI=1S/C34H33F3N6O3S/c35-34(36,37)21-43-26(3-2-15-40-30-11-10-27(47(39)44)20-32(30)46-18-14-38)19-28-29(4-1-5-31(28)43)41-24-6-8-25(9-7-24)42-16-12-33(13-17-42)22-45-23-33/h1,4-11,19-20,40-41H,12-13,15-18,21-23,39H2. The molecule has 2 aliphatic rings. The molecule has 0 aliphatic carbocycles. The van der Waals surface area contributed by atoms with Crippen LogP contribution >= 0.6 is 0 Å². The van der Waals surface area contributed by atoms with Crippen LogP contribution in [-0.2, 0) is 22.6 Å². The van der Waals surface area contributed by atoms with Crippen molar-refractivity contribution in [3.8, 4) is 23.7 Å². The lowest BCUT2D eigenvalue weighted by Gasteiger charge is -2.47. The highest BCUT2D eigenvalue weighted by molar-refractivity contribution is 7.89. The van der Waals surface area contributed by atoms with E-state index in [0.29, 0.717) is 32.6 Å². The number of nitrogens with zero attached hydrogens (tertiary/aromatic N) is 3. The molecule has 0 saturated carbocycles. The van der Waals surface area contributed by atoms with Crippen LogP contribution in [0.1, 0.15) is 18.5 Å². The Balaban J connectivity index is 1.20. The third-order valence-corrected chi connectivity index (χ3v) is 9.22. The summed E-state index contributed by atoms with van der Waals surface area (Å²) in [6.07, 6.45) is -2.22. The normalized spacial score (nSPS) is 16.1. The molecule has 47 heavy (non-hydrogen) atoms. The lowest BCUT2D eigenvalue weighted by Crippen LogP contribution is -2.50. The Morgan fingerprint density at radius 1 is 1.04 bits per heavy atom. The molecule has 0 radical (unpaired) electrons. The number of halogens is 3. The van der Waals surface area contributed by atoms with Crippen molar-refractivity contribution in [1.29, 1.82) is 5.26 Å². The molecule has 4 aromatic rings. The zero-order valence-corrected chi connectivity index (χ0v) is 26.2. The number of nitrogens with two attached hydrogens (primary N) is 1. The number of alkyl halides is 3. The van der Waals surface area contributed by atoms with Gasteiger partial charge in [0.1, 0.15) is 18.4 Å². The van der Waals surface area contributed by atoms with Crippen LogP contribution in [0.4, 0.5) is 35.9 Å². The number of aromatic nitrogens is 1. The zero-order valence-electron chi connectivity index (χ0n) is 25.4. The van der Waals surface area contributed by atoms with Crippen LogP contribution in [0.2, 0.25) is 0 Å². The van der Waals surface area contributed by atoms with E-state index in [1.165, 1.54) is 10.6 Å². The summed E-state index contributed by atoms with van der Waals surface area (Å²) in [4.78, 5) is 2.69. The second-order valence-electron chi connectivity index (χ2n) is 11.7. The molecule has 4 N–H and O–H groups in total. The fourth-order valence-electron chi connectivity index (χ4n) is 5.95. The predicted octanol–water partition coefficient (Wildman–Crippen LogP) is 5.91. The summed E-state index contributed by atoms with van der Waals surface area (Å²) in [5, 5.41) is 21.4. The van der Waals surface area contributed by atoms with Crippen molar-refractivity contribution < 1.29 is 27.2 Å². The number of nitriles is 1. The quantitative estimate of drug-likeness (QED) is 0.149. The number of nitrogens with one attached hydrogen (secondary N) is 2. The number of fused-ring (bicyclic) bond motifs is 1. The van der Waals surface area contributed by atoms with E-state index in [1.54, 1.807) is 30.3 Å². The number of hydrogen-bond donors (Lipinski definition) is 3. The first-order valence-corrected chi connectivity index (χ1v) is 16.3. The Morgan fingerprint density at radius 3 is 2.47 bits per heavy atom. The van der Waals surface area contributed by atoms with Gasteiger partial charge < -0.3 is 34.1 Å². The van der Waals surface area contributed by atoms with E-state index in [1.807, 2.05) is 24.3 Å². The highest BCUT2D eigenvalue weighted by Gasteiger charge is 2.41. The maximum atomic E-state index is 13.7. The van der Waals surface area contributed by atoms with Crippen LogP contribution in [0.3, 0.4) is 0 Å². The van der Waals surface area contributed by atoms with Gasteiger partial charge in [0.2, 0.25) is 0 Å². The van der Waals surface area contributed by atoms with Crippen molar-refractivity contribution in [3.63, 3.8) is 0 Å². The van der Waals surface area contributed by atoms with Gasteiger partial charge in [0, 0.05) is 47.0 Å². The van der Waals surface area contributed by atoms with Crippen LogP contribution < -0.4 is 25.4 Å². The van der Waals surface area contributed by atoms with Gasteiger partial charge in [-0.05, 0) is 73.4 Å². The van der Waals surface area contributed by atoms with Crippen molar-refractivity contribution in [3.05, 3.63) is 72.4 Å². The summed E-state index contributed by atoms with van der Waals surface area (Å²) in [6, 6.07) is 21.4. The molecule has 1 aromatic heterocycles. The van der Waals surface area contributed by atoms with Gasteiger partial charge in [0.25, 0.3) is 0 Å². The Kier molecular flexibility index (Phi) is 9.43. The number of benzene rings is 3. The summed E-state index contributed by atoms with van der Waals surface area (Å²) in [6.45, 7) is 2.32. The summed E-state index contributed by atoms with van der Waals surface area (Å²) in [7, 11) is 0. The van der Waals surface area contributed by atoms with E-state index in [4.69, 9.17) is 19.9 Å². The first kappa shape index (κ1) is 32.4. The molecule has 3 aromatic carbocycles. The fraction of sp³-hybridized carbons (Fsp3) is 0.324. The van der Waals surface area contributed by atoms with Crippen molar-refractivity contribution >= 4 is 45.0 Å². The molecule has 1 atom stereocenters. The van der Waals surface area contributed by atoms with Crippen LogP contribution in [0, 0.1) is 28.6 Å². The van der Waals surface area contributed by atoms with E-state index in [2.05, 4.69) is 39.5 Å². The van der Waals surface area contributed by atoms with Crippen LogP contribution in [0.15, 0.2) is 71.6 Å². The lowest BCUT2D eigenvalue weighted by atomic mass is 9.77. The predicted molar refractivity (Wildman–Crippen MR) is 176 cm³/mol. The third-order valence-electron chi connectivity index (χ3n) is 8.50. The molecule has 9 nitrogen and oxygen atoms in total. The molecule has 0 bridgehead atoms. The van der Waals surface area contributed by atoms with E-state index in [-0.39, 0.29) is 24.6 Å². The molecule has 13 heteroatoms. The Bertz CT molecular complexity index is 1830. The molecule has 2 saturated heterocycles. The van der Waals surface area contributed by atoms with Crippen molar-refractivity contribution in [1.82, 2.24) is 4.57 Å². The number of ether oxygens (including phenoxy) is 2. The van der Waals surface area contributed by atoms with Gasteiger partial charge >= 0.3 is 6.18 Å². The number of anilines is 4. The molecule has 2 fully saturated rings. The smallest absolute Gasteiger partial charge is 0.406 e. The molecular formula is C34H33F3N6O3S. The Morgan fingerprint density at radius 2 is 1.81 bits per heavy atom. The summed E-state index contributed by atoms with van der Waals surface area (Å²) < 4.78 is 64.8. The van der Waals surface area contributed by atoms with Gasteiger partial charge in [0.15, 0.2) is 11.5 Å². The van der Waals surface area contributed by atoms with Gasteiger partial charge in [-0.15, -0.1) is 5.14 Å². The lowest BCUT2D eigenvalue weighted by molar-refractivity contribution is -0.140. The van der Waals surface area contributed by atoms with E-state index in [9.17, 15) is 17.7 Å². The van der Waals surface area contributed by atoms with Crippen LogP contribution in [0.5, 0.6) is 5.75 Å². The van der Waals surface area contributed by atoms with Gasteiger partial charge in [-0.3, -0.25) is 0 Å². The van der Waals surface area contributed by atoms with Gasteiger partial charge in [-0.25, -0.2) is 0 Å². The maximum Gasteiger partial charge on any atom is 0.406 e. The summed E-state index contributed by atoms with van der Waals surface area (Å²) >= 11 is -1.75. The van der Waals surface area contributed by atoms with Crippen LogP contribution in [-0.4, -0.2) is 54.8 Å². The number of hydrogen-bond acceptors (Lipinski definition) is 8. The van der Waals surface area contributed by atoms with Gasteiger partial charge in [0.05, 0.1) is 48.0 Å². The largest absolute Gasteiger partial charge is 0.593 e. The first-order valence-electron chi connectivity index (χ1n) is 15.0. The molecule has 0 amide bonds. The molecular weight excluding hydrogens is 629 g/mol. The minimum Gasteiger partial charge on any atom is -0.593 e. The molecule has 6 rings (SSSR count). The highest BCUT2D eigenvalue weighted by atomic mass is 32.2.